The molecule has 2 aromatic carbocycles. The molecule has 0 amide bonds. The van der Waals surface area contributed by atoms with Gasteiger partial charge in [-0.25, -0.2) is 0 Å². The van der Waals surface area contributed by atoms with E-state index in [2.05, 4.69) is 13.0 Å². The van der Waals surface area contributed by atoms with Gasteiger partial charge < -0.3 is 10.2 Å². The van der Waals surface area contributed by atoms with Gasteiger partial charge in [-0.3, -0.25) is 0 Å². The average molecular weight is 270 g/mol. The molecule has 2 rings (SSSR count). The molecule has 1 unspecified atom stereocenters. The van der Waals surface area contributed by atoms with Gasteiger partial charge in [0.25, 0.3) is 0 Å². The predicted octanol–water partition coefficient (Wildman–Crippen LogP) is 4.53. The van der Waals surface area contributed by atoms with Crippen molar-refractivity contribution in [1.29, 1.82) is 0 Å². The third-order valence-corrected chi connectivity index (χ3v) is 3.90. The number of hydrogen-bond acceptors (Lipinski definition) is 2. The van der Waals surface area contributed by atoms with E-state index in [4.69, 9.17) is 0 Å². The van der Waals surface area contributed by atoms with Crippen LogP contribution in [0.1, 0.15) is 42.4 Å². The van der Waals surface area contributed by atoms with E-state index in [-0.39, 0.29) is 0 Å². The highest BCUT2D eigenvalue weighted by Gasteiger charge is 2.10. The molecule has 2 nitrogen and oxygen atoms in total. The Kier molecular flexibility index (Phi) is 4.67. The van der Waals surface area contributed by atoms with Crippen LogP contribution < -0.4 is 0 Å². The molecule has 0 fully saturated rings. The first-order valence-corrected chi connectivity index (χ1v) is 7.17. The first-order valence-electron chi connectivity index (χ1n) is 7.17. The zero-order valence-corrected chi connectivity index (χ0v) is 12.1. The fraction of sp³-hybridized carbons (Fsp3) is 0.333. The third-order valence-electron chi connectivity index (χ3n) is 3.90. The monoisotopic (exact) mass is 270 g/mol. The lowest BCUT2D eigenvalue weighted by atomic mass is 9.90. The van der Waals surface area contributed by atoms with Crippen molar-refractivity contribution in [3.63, 3.8) is 0 Å². The van der Waals surface area contributed by atoms with Crippen molar-refractivity contribution < 1.29 is 10.2 Å². The number of hydrogen-bond donors (Lipinski definition) is 2. The quantitative estimate of drug-likeness (QED) is 0.837. The number of phenolic OH excluding ortho intramolecular Hbond substituents is 2. The first kappa shape index (κ1) is 14.4. The molecule has 1 atom stereocenters. The summed E-state index contributed by atoms with van der Waals surface area (Å²) in [7, 11) is 0. The fourth-order valence-corrected chi connectivity index (χ4v) is 2.57. The first-order chi connectivity index (χ1) is 9.60. The Morgan fingerprint density at radius 3 is 2.30 bits per heavy atom. The lowest BCUT2D eigenvalue weighted by Crippen LogP contribution is -2.00. The van der Waals surface area contributed by atoms with E-state index in [1.807, 2.05) is 25.1 Å². The van der Waals surface area contributed by atoms with Crippen LogP contribution in [-0.4, -0.2) is 10.2 Å². The van der Waals surface area contributed by atoms with E-state index in [0.717, 1.165) is 24.8 Å². The molecule has 0 aliphatic carbocycles. The van der Waals surface area contributed by atoms with Crippen LogP contribution in [0.15, 0.2) is 42.5 Å². The van der Waals surface area contributed by atoms with E-state index in [0.29, 0.717) is 17.4 Å². The Labute approximate surface area is 120 Å². The zero-order valence-electron chi connectivity index (χ0n) is 12.1. The second-order valence-electron chi connectivity index (χ2n) is 5.36. The molecule has 2 N–H and O–H groups in total. The van der Waals surface area contributed by atoms with Gasteiger partial charge in [-0.05, 0) is 67.0 Å². The fourth-order valence-electron chi connectivity index (χ4n) is 2.57. The van der Waals surface area contributed by atoms with Gasteiger partial charge >= 0.3 is 0 Å². The maximum Gasteiger partial charge on any atom is 0.118 e. The molecule has 0 radical (unpaired) electrons. The Bertz CT molecular complexity index is 558. The second-order valence-corrected chi connectivity index (χ2v) is 5.36. The smallest absolute Gasteiger partial charge is 0.118 e. The molecule has 20 heavy (non-hydrogen) atoms. The van der Waals surface area contributed by atoms with Gasteiger partial charge in [0.1, 0.15) is 11.5 Å². The molecule has 0 aliphatic rings. The van der Waals surface area contributed by atoms with Crippen LogP contribution in [-0.2, 0) is 6.42 Å². The van der Waals surface area contributed by atoms with Crippen molar-refractivity contribution in [3.05, 3.63) is 59.2 Å². The summed E-state index contributed by atoms with van der Waals surface area (Å²) < 4.78 is 0. The summed E-state index contributed by atoms with van der Waals surface area (Å²) in [5.41, 5.74) is 3.47. The van der Waals surface area contributed by atoms with Crippen LogP contribution in [0.2, 0.25) is 0 Å². The molecule has 0 spiro atoms. The maximum absolute atomic E-state index is 9.55. The van der Waals surface area contributed by atoms with Gasteiger partial charge in [0.2, 0.25) is 0 Å². The molecule has 0 heterocycles. The SMILES string of the molecule is CCC(CCc1ccc(O)c(C)c1)c1ccc(O)cc1. The predicted molar refractivity (Wildman–Crippen MR) is 82.3 cm³/mol. The Morgan fingerprint density at radius 2 is 1.70 bits per heavy atom. The van der Waals surface area contributed by atoms with Crippen molar-refractivity contribution in [2.24, 2.45) is 0 Å². The van der Waals surface area contributed by atoms with Gasteiger partial charge in [-0.1, -0.05) is 31.2 Å². The van der Waals surface area contributed by atoms with Crippen molar-refractivity contribution in [2.75, 3.05) is 0 Å². The van der Waals surface area contributed by atoms with Gasteiger partial charge in [-0.2, -0.15) is 0 Å². The molecular formula is C18H22O2. The second kappa shape index (κ2) is 6.47. The highest BCUT2D eigenvalue weighted by molar-refractivity contribution is 5.35. The van der Waals surface area contributed by atoms with E-state index in [1.54, 1.807) is 18.2 Å². The molecule has 106 valence electrons. The number of aromatic hydroxyl groups is 2. The highest BCUT2D eigenvalue weighted by atomic mass is 16.3. The van der Waals surface area contributed by atoms with Crippen LogP contribution in [0.25, 0.3) is 0 Å². The van der Waals surface area contributed by atoms with E-state index in [1.165, 1.54) is 11.1 Å². The molecule has 0 aromatic heterocycles. The Balaban J connectivity index is 2.03. The minimum Gasteiger partial charge on any atom is -0.508 e. The van der Waals surface area contributed by atoms with E-state index < -0.39 is 0 Å². The molecule has 0 aliphatic heterocycles. The molecule has 2 aromatic rings. The van der Waals surface area contributed by atoms with Crippen LogP contribution in [0.4, 0.5) is 0 Å². The summed E-state index contributed by atoms with van der Waals surface area (Å²) in [5.74, 6) is 1.18. The van der Waals surface area contributed by atoms with Crippen molar-refractivity contribution >= 4 is 0 Å². The normalized spacial score (nSPS) is 12.3. The summed E-state index contributed by atoms with van der Waals surface area (Å²) >= 11 is 0. The van der Waals surface area contributed by atoms with Crippen molar-refractivity contribution in [3.8, 4) is 11.5 Å². The van der Waals surface area contributed by atoms with Gasteiger partial charge in [0, 0.05) is 0 Å². The summed E-state index contributed by atoms with van der Waals surface area (Å²) in [6.07, 6.45) is 3.16. The van der Waals surface area contributed by atoms with E-state index >= 15 is 0 Å². The van der Waals surface area contributed by atoms with Gasteiger partial charge in [-0.15, -0.1) is 0 Å². The maximum atomic E-state index is 9.55. The molecular weight excluding hydrogens is 248 g/mol. The summed E-state index contributed by atoms with van der Waals surface area (Å²) in [4.78, 5) is 0. The van der Waals surface area contributed by atoms with Gasteiger partial charge in [0.05, 0.1) is 0 Å². The minimum atomic E-state index is 0.317. The molecule has 2 heteroatoms. The van der Waals surface area contributed by atoms with Crippen LogP contribution in [0.3, 0.4) is 0 Å². The summed E-state index contributed by atoms with van der Waals surface area (Å²) in [5, 5.41) is 18.9. The minimum absolute atomic E-state index is 0.317. The molecule has 0 bridgehead atoms. The average Bonchev–Trinajstić information content (AvgIpc) is 2.45. The Morgan fingerprint density at radius 1 is 1.00 bits per heavy atom. The zero-order chi connectivity index (χ0) is 14.5. The highest BCUT2D eigenvalue weighted by Crippen LogP contribution is 2.27. The lowest BCUT2D eigenvalue weighted by molar-refractivity contribution is 0.470. The Hall–Kier alpha value is -1.96. The summed E-state index contributed by atoms with van der Waals surface area (Å²) in [6.45, 7) is 4.12. The number of aryl methyl sites for hydroxylation is 2. The van der Waals surface area contributed by atoms with Crippen LogP contribution >= 0.6 is 0 Å². The standard InChI is InChI=1S/C18H22O2/c1-3-15(16-7-9-17(19)10-8-16)6-4-14-5-11-18(20)13(2)12-14/h5,7-12,15,19-20H,3-4,6H2,1-2H3. The molecule has 0 saturated heterocycles. The number of benzene rings is 2. The van der Waals surface area contributed by atoms with Gasteiger partial charge in [0.15, 0.2) is 0 Å². The van der Waals surface area contributed by atoms with Crippen LogP contribution in [0, 0.1) is 6.92 Å². The summed E-state index contributed by atoms with van der Waals surface area (Å²) in [6, 6.07) is 13.3. The number of rotatable bonds is 5. The molecule has 0 saturated carbocycles. The topological polar surface area (TPSA) is 40.5 Å². The number of phenols is 2. The third kappa shape index (κ3) is 3.53. The lowest BCUT2D eigenvalue weighted by Gasteiger charge is -2.15. The largest absolute Gasteiger partial charge is 0.508 e. The van der Waals surface area contributed by atoms with Crippen LogP contribution in [0.5, 0.6) is 11.5 Å². The van der Waals surface area contributed by atoms with E-state index in [9.17, 15) is 10.2 Å². The van der Waals surface area contributed by atoms with Crippen molar-refractivity contribution in [2.45, 2.75) is 39.0 Å². The van der Waals surface area contributed by atoms with Crippen molar-refractivity contribution in [1.82, 2.24) is 0 Å².